The van der Waals surface area contributed by atoms with Gasteiger partial charge in [-0.2, -0.15) is 0 Å². The molecule has 0 saturated carbocycles. The van der Waals surface area contributed by atoms with E-state index in [1.165, 1.54) is 4.90 Å². The van der Waals surface area contributed by atoms with Crippen molar-refractivity contribution in [2.45, 2.75) is 6.92 Å². The molecule has 0 unspecified atom stereocenters. The van der Waals surface area contributed by atoms with E-state index in [0.717, 1.165) is 5.41 Å². The van der Waals surface area contributed by atoms with Crippen molar-refractivity contribution in [3.05, 3.63) is 101 Å². The second-order valence-corrected chi connectivity index (χ2v) is 8.23. The fourth-order valence-electron chi connectivity index (χ4n) is 2.75. The molecule has 0 heterocycles. The van der Waals surface area contributed by atoms with Gasteiger partial charge in [0.1, 0.15) is 0 Å². The van der Waals surface area contributed by atoms with Crippen LogP contribution < -0.4 is 9.62 Å². The van der Waals surface area contributed by atoms with Gasteiger partial charge in [0.05, 0.1) is 16.8 Å². The van der Waals surface area contributed by atoms with Crippen molar-refractivity contribution in [3.63, 3.8) is 0 Å². The first-order chi connectivity index (χ1) is 13.9. The van der Waals surface area contributed by atoms with Gasteiger partial charge in [0.15, 0.2) is 0 Å². The Morgan fingerprint density at radius 2 is 1.34 bits per heavy atom. The van der Waals surface area contributed by atoms with E-state index in [9.17, 15) is 13.2 Å². The minimum Gasteiger partial charge on any atom is -0.262 e. The predicted octanol–water partition coefficient (Wildman–Crippen LogP) is 5.58. The topological polar surface area (TPSA) is 66.5 Å². The maximum absolute atomic E-state index is 12.9. The van der Waals surface area contributed by atoms with Gasteiger partial charge in [0.25, 0.3) is 10.0 Å². The summed E-state index contributed by atoms with van der Waals surface area (Å²) in [5.41, 5.74) is 2.26. The number of anilines is 2. The third kappa shape index (κ3) is 5.47. The van der Waals surface area contributed by atoms with E-state index in [-0.39, 0.29) is 0 Å². The molecule has 0 radical (unpaired) electrons. The molecule has 3 aromatic rings. The summed E-state index contributed by atoms with van der Waals surface area (Å²) in [5, 5.41) is 1.58. The lowest BCUT2D eigenvalue weighted by molar-refractivity contribution is 0.253. The number of halogens is 1. The summed E-state index contributed by atoms with van der Waals surface area (Å²) in [6.45, 7) is 1.65. The van der Waals surface area contributed by atoms with Crippen LogP contribution in [0.3, 0.4) is 0 Å². The zero-order valence-corrected chi connectivity index (χ0v) is 17.2. The van der Waals surface area contributed by atoms with Crippen molar-refractivity contribution in [3.8, 4) is 0 Å². The van der Waals surface area contributed by atoms with Crippen LogP contribution >= 0.6 is 11.6 Å². The molecule has 0 aliphatic heterocycles. The molecular weight excluding hydrogens is 408 g/mol. The number of sulfonamides is 1. The third-order valence-electron chi connectivity index (χ3n) is 4.09. The van der Waals surface area contributed by atoms with Crippen molar-refractivity contribution < 1.29 is 13.2 Å². The van der Waals surface area contributed by atoms with Gasteiger partial charge in [-0.1, -0.05) is 60.1 Å². The van der Waals surface area contributed by atoms with Crippen LogP contribution in [-0.4, -0.2) is 14.4 Å². The van der Waals surface area contributed by atoms with Crippen LogP contribution in [0.2, 0.25) is 5.02 Å². The first-order valence-electron chi connectivity index (χ1n) is 8.77. The number of carbonyl (C=O) groups excluding carboxylic acids is 1. The second kappa shape index (κ2) is 8.94. The molecule has 0 bridgehead atoms. The van der Waals surface area contributed by atoms with E-state index in [1.54, 1.807) is 79.7 Å². The molecule has 7 heteroatoms. The summed E-state index contributed by atoms with van der Waals surface area (Å²) >= 11 is 5.87. The molecule has 0 aliphatic rings. The Labute approximate surface area is 175 Å². The quantitative estimate of drug-likeness (QED) is 0.579. The number of amides is 2. The Bertz CT molecular complexity index is 1070. The molecule has 0 spiro atoms. The van der Waals surface area contributed by atoms with Crippen molar-refractivity contribution in [2.75, 3.05) is 4.90 Å². The number of nitrogens with one attached hydrogen (secondary N) is 1. The monoisotopic (exact) mass is 426 g/mol. The minimum absolute atomic E-state index is 0.480. The largest absolute Gasteiger partial charge is 0.340 e. The summed E-state index contributed by atoms with van der Waals surface area (Å²) in [4.78, 5) is 14.2. The fourth-order valence-corrected chi connectivity index (χ4v) is 3.87. The predicted molar refractivity (Wildman–Crippen MR) is 118 cm³/mol. The number of hydrogen-bond donors (Lipinski definition) is 1. The van der Waals surface area contributed by atoms with Gasteiger partial charge in [0.2, 0.25) is 0 Å². The van der Waals surface area contributed by atoms with Crippen LogP contribution in [-0.2, 0) is 10.0 Å². The van der Waals surface area contributed by atoms with Crippen LogP contribution in [0.1, 0.15) is 12.5 Å². The van der Waals surface area contributed by atoms with Crippen molar-refractivity contribution in [1.82, 2.24) is 4.72 Å². The Balaban J connectivity index is 1.89. The number of benzene rings is 3. The Morgan fingerprint density at radius 3 is 1.83 bits per heavy atom. The highest BCUT2D eigenvalue weighted by molar-refractivity contribution is 7.93. The van der Waals surface area contributed by atoms with Crippen LogP contribution in [0.25, 0.3) is 5.57 Å². The van der Waals surface area contributed by atoms with Gasteiger partial charge < -0.3 is 0 Å². The second-order valence-electron chi connectivity index (χ2n) is 6.27. The zero-order valence-electron chi connectivity index (χ0n) is 15.6. The fraction of sp³-hybridized carbons (Fsp3) is 0.0455. The average Bonchev–Trinajstić information content (AvgIpc) is 2.69. The summed E-state index contributed by atoms with van der Waals surface area (Å²) in [6, 6.07) is 23.7. The molecule has 148 valence electrons. The van der Waals surface area contributed by atoms with Crippen LogP contribution in [0.5, 0.6) is 0 Å². The lowest BCUT2D eigenvalue weighted by Crippen LogP contribution is -2.39. The number of nitrogens with zero attached hydrogens (tertiary/aromatic N) is 1. The van der Waals surface area contributed by atoms with Gasteiger partial charge in [0, 0.05) is 5.02 Å². The molecule has 0 atom stereocenters. The Hall–Kier alpha value is -3.09. The molecule has 0 saturated heterocycles. The third-order valence-corrected chi connectivity index (χ3v) is 5.47. The average molecular weight is 427 g/mol. The summed E-state index contributed by atoms with van der Waals surface area (Å²) < 4.78 is 27.3. The number of hydrogen-bond acceptors (Lipinski definition) is 3. The van der Waals surface area contributed by atoms with E-state index in [1.807, 2.05) is 12.1 Å². The first kappa shape index (κ1) is 20.6. The van der Waals surface area contributed by atoms with E-state index in [0.29, 0.717) is 27.5 Å². The van der Waals surface area contributed by atoms with Crippen molar-refractivity contribution in [1.29, 1.82) is 0 Å². The standard InChI is InChI=1S/C22H19ClN2O3S/c1-17(18-12-14-19(23)15-13-18)16-29(27,28)24-22(26)25(20-8-4-2-5-9-20)21-10-6-3-7-11-21/h2-16H,1H3,(H,24,26)/b17-16+. The molecular formula is C22H19ClN2O3S. The molecule has 5 nitrogen and oxygen atoms in total. The number of urea groups is 1. The molecule has 2 amide bonds. The molecule has 29 heavy (non-hydrogen) atoms. The van der Waals surface area contributed by atoms with Gasteiger partial charge in [-0.25, -0.2) is 17.9 Å². The Morgan fingerprint density at radius 1 is 0.862 bits per heavy atom. The first-order valence-corrected chi connectivity index (χ1v) is 10.7. The summed E-state index contributed by atoms with van der Waals surface area (Å²) in [6.07, 6.45) is 0. The molecule has 0 fully saturated rings. The molecule has 3 rings (SSSR count). The van der Waals surface area contributed by atoms with Gasteiger partial charge >= 0.3 is 6.03 Å². The lowest BCUT2D eigenvalue weighted by atomic mass is 10.1. The van der Waals surface area contributed by atoms with E-state index < -0.39 is 16.1 Å². The molecule has 3 aromatic carbocycles. The minimum atomic E-state index is -4.04. The van der Waals surface area contributed by atoms with Crippen LogP contribution in [0, 0.1) is 0 Å². The smallest absolute Gasteiger partial charge is 0.262 e. The molecule has 0 aliphatic carbocycles. The van der Waals surface area contributed by atoms with Crippen molar-refractivity contribution >= 4 is 44.6 Å². The molecule has 1 N–H and O–H groups in total. The van der Waals surface area contributed by atoms with E-state index >= 15 is 0 Å². The zero-order chi connectivity index (χ0) is 20.9. The highest BCUT2D eigenvalue weighted by Crippen LogP contribution is 2.25. The van der Waals surface area contributed by atoms with E-state index in [2.05, 4.69) is 4.72 Å². The highest BCUT2D eigenvalue weighted by atomic mass is 35.5. The number of rotatable bonds is 5. The summed E-state index contributed by atoms with van der Waals surface area (Å²) in [5.74, 6) is 0. The SMILES string of the molecule is C/C(=C\S(=O)(=O)NC(=O)N(c1ccccc1)c1ccccc1)c1ccc(Cl)cc1. The normalized spacial score (nSPS) is 11.7. The van der Waals surface area contributed by atoms with Crippen LogP contribution in [0.15, 0.2) is 90.3 Å². The number of carbonyl (C=O) groups is 1. The Kier molecular flexibility index (Phi) is 6.36. The number of allylic oxidation sites excluding steroid dienone is 1. The molecule has 0 aromatic heterocycles. The van der Waals surface area contributed by atoms with Gasteiger partial charge in [-0.3, -0.25) is 4.90 Å². The number of para-hydroxylation sites is 2. The maximum Gasteiger partial charge on any atom is 0.340 e. The summed E-state index contributed by atoms with van der Waals surface area (Å²) in [7, 11) is -4.04. The highest BCUT2D eigenvalue weighted by Gasteiger charge is 2.22. The van der Waals surface area contributed by atoms with Gasteiger partial charge in [-0.15, -0.1) is 0 Å². The lowest BCUT2D eigenvalue weighted by Gasteiger charge is -2.23. The van der Waals surface area contributed by atoms with Crippen LogP contribution in [0.4, 0.5) is 16.2 Å². The van der Waals surface area contributed by atoms with Crippen molar-refractivity contribution in [2.24, 2.45) is 0 Å². The van der Waals surface area contributed by atoms with Gasteiger partial charge in [-0.05, 0) is 54.5 Å². The maximum atomic E-state index is 12.9. The van der Waals surface area contributed by atoms with E-state index in [4.69, 9.17) is 11.6 Å².